The minimum Gasteiger partial charge on any atom is -0.497 e. The molecule has 0 bridgehead atoms. The third-order valence-electron chi connectivity index (χ3n) is 5.77. The maximum absolute atomic E-state index is 12.8. The van der Waals surface area contributed by atoms with Crippen LogP contribution in [0.15, 0.2) is 71.7 Å². The Bertz CT molecular complexity index is 1270. The zero-order chi connectivity index (χ0) is 21.2. The minimum absolute atomic E-state index is 0.114. The van der Waals surface area contributed by atoms with Crippen molar-refractivity contribution in [2.24, 2.45) is 0 Å². The van der Waals surface area contributed by atoms with Gasteiger partial charge in [-0.3, -0.25) is 9.36 Å². The van der Waals surface area contributed by atoms with E-state index in [-0.39, 0.29) is 5.56 Å². The van der Waals surface area contributed by atoms with Gasteiger partial charge in [0.15, 0.2) is 0 Å². The number of aromatic nitrogens is 2. The third-order valence-corrected chi connectivity index (χ3v) is 5.77. The average Bonchev–Trinajstić information content (AvgIpc) is 2.97. The quantitative estimate of drug-likeness (QED) is 0.542. The van der Waals surface area contributed by atoms with E-state index in [0.717, 1.165) is 43.1 Å². The zero-order valence-corrected chi connectivity index (χ0v) is 17.5. The first-order chi connectivity index (χ1) is 15.2. The van der Waals surface area contributed by atoms with Gasteiger partial charge in [0.1, 0.15) is 18.1 Å². The molecule has 4 aromatic rings. The Labute approximate surface area is 180 Å². The first-order valence-electron chi connectivity index (χ1n) is 10.5. The summed E-state index contributed by atoms with van der Waals surface area (Å²) < 4.78 is 15.0. The van der Waals surface area contributed by atoms with Gasteiger partial charge in [-0.15, -0.1) is 0 Å². The Morgan fingerprint density at radius 3 is 2.65 bits per heavy atom. The molecule has 0 amide bonds. The number of methoxy groups -OCH3 is 1. The predicted octanol–water partition coefficient (Wildman–Crippen LogP) is 3.53. The summed E-state index contributed by atoms with van der Waals surface area (Å²) in [6.07, 6.45) is 2.79. The lowest BCUT2D eigenvalue weighted by Gasteiger charge is -2.10. The summed E-state index contributed by atoms with van der Waals surface area (Å²) in [4.78, 5) is 12.8. The van der Waals surface area contributed by atoms with Crippen LogP contribution in [0.4, 0.5) is 0 Å². The van der Waals surface area contributed by atoms with Gasteiger partial charge in [0.05, 0.1) is 7.11 Å². The topological polar surface area (TPSA) is 57.4 Å². The lowest BCUT2D eigenvalue weighted by Crippen LogP contribution is -2.17. The van der Waals surface area contributed by atoms with Crippen LogP contribution in [-0.4, -0.2) is 29.3 Å². The van der Waals surface area contributed by atoms with E-state index < -0.39 is 0 Å². The van der Waals surface area contributed by atoms with Gasteiger partial charge in [0.2, 0.25) is 0 Å². The predicted molar refractivity (Wildman–Crippen MR) is 121 cm³/mol. The molecule has 6 nitrogen and oxygen atoms in total. The Hall–Kier alpha value is -3.51. The number of hydrogen-bond acceptors (Lipinski definition) is 4. The monoisotopic (exact) mass is 415 g/mol. The number of ether oxygens (including phenoxy) is 2. The minimum atomic E-state index is -0.114. The molecule has 2 aromatic carbocycles. The second kappa shape index (κ2) is 8.32. The molecular formula is C25H25N3O3. The molecule has 31 heavy (non-hydrogen) atoms. The third kappa shape index (κ3) is 3.94. The summed E-state index contributed by atoms with van der Waals surface area (Å²) in [7, 11) is 1.64. The molecule has 0 unspecified atom stereocenters. The highest BCUT2D eigenvalue weighted by Gasteiger charge is 2.12. The Kier molecular flexibility index (Phi) is 5.22. The number of rotatable bonds is 5. The van der Waals surface area contributed by atoms with Crippen LogP contribution in [0.25, 0.3) is 16.6 Å². The molecule has 1 aliphatic rings. The highest BCUT2D eigenvalue weighted by molar-refractivity contribution is 5.83. The van der Waals surface area contributed by atoms with Crippen LogP contribution >= 0.6 is 0 Å². The van der Waals surface area contributed by atoms with Crippen molar-refractivity contribution >= 4 is 10.9 Å². The fourth-order valence-corrected chi connectivity index (χ4v) is 4.12. The smallest absolute Gasteiger partial charge is 0.258 e. The first-order valence-corrected chi connectivity index (χ1v) is 10.5. The molecule has 0 atom stereocenters. The largest absolute Gasteiger partial charge is 0.497 e. The second-order valence-corrected chi connectivity index (χ2v) is 7.74. The molecule has 0 fully saturated rings. The maximum atomic E-state index is 12.8. The normalized spacial score (nSPS) is 13.6. The molecule has 158 valence electrons. The number of nitrogens with one attached hydrogen (secondary N) is 1. The number of hydrogen-bond donors (Lipinski definition) is 1. The summed E-state index contributed by atoms with van der Waals surface area (Å²) in [5.41, 5.74) is 4.32. The lowest BCUT2D eigenvalue weighted by molar-refractivity contribution is 0.305. The molecule has 0 saturated heterocycles. The van der Waals surface area contributed by atoms with E-state index in [9.17, 15) is 4.79 Å². The van der Waals surface area contributed by atoms with Crippen LogP contribution in [0.2, 0.25) is 0 Å². The Morgan fingerprint density at radius 1 is 0.968 bits per heavy atom. The van der Waals surface area contributed by atoms with Crippen LogP contribution in [-0.2, 0) is 19.6 Å². The van der Waals surface area contributed by atoms with E-state index >= 15 is 0 Å². The molecule has 0 radical (unpaired) electrons. The van der Waals surface area contributed by atoms with Gasteiger partial charge >= 0.3 is 0 Å². The van der Waals surface area contributed by atoms with E-state index in [2.05, 4.69) is 28.1 Å². The highest BCUT2D eigenvalue weighted by Crippen LogP contribution is 2.24. The fourth-order valence-electron chi connectivity index (χ4n) is 4.12. The van der Waals surface area contributed by atoms with E-state index in [1.807, 2.05) is 36.4 Å². The number of pyridine rings is 1. The number of fused-ring (bicyclic) bond motifs is 3. The number of benzene rings is 2. The summed E-state index contributed by atoms with van der Waals surface area (Å²) in [5.74, 6) is 1.36. The molecule has 5 rings (SSSR count). The molecule has 0 aliphatic carbocycles. The molecule has 1 aliphatic heterocycles. The summed E-state index contributed by atoms with van der Waals surface area (Å²) in [5, 5.41) is 4.60. The van der Waals surface area contributed by atoms with Gasteiger partial charge < -0.3 is 19.4 Å². The summed E-state index contributed by atoms with van der Waals surface area (Å²) >= 11 is 0. The summed E-state index contributed by atoms with van der Waals surface area (Å²) in [6, 6.07) is 19.5. The SMILES string of the molecule is COc1ccc(COc2ccn(-c3ccc4c(c3)cc3n4CCNCC3)c(=O)c2)cc1. The standard InChI is InChI=1S/C25H25N3O3/c1-30-22-5-2-18(3-6-22)17-31-23-9-12-28(25(29)16-23)20-4-7-24-19(14-20)15-21-8-10-26-11-13-27(21)24/h2-7,9,12,14-16,26H,8,10-11,13,17H2,1H3. The molecule has 1 N–H and O–H groups in total. The van der Waals surface area contributed by atoms with Crippen molar-refractivity contribution in [1.82, 2.24) is 14.5 Å². The Balaban J connectivity index is 1.36. The van der Waals surface area contributed by atoms with E-state index in [1.54, 1.807) is 17.9 Å². The van der Waals surface area contributed by atoms with Gasteiger partial charge in [-0.25, -0.2) is 0 Å². The van der Waals surface area contributed by atoms with Gasteiger partial charge in [0.25, 0.3) is 5.56 Å². The van der Waals surface area contributed by atoms with Crippen molar-refractivity contribution in [3.8, 4) is 17.2 Å². The van der Waals surface area contributed by atoms with Crippen molar-refractivity contribution in [2.45, 2.75) is 19.6 Å². The Morgan fingerprint density at radius 2 is 1.84 bits per heavy atom. The van der Waals surface area contributed by atoms with E-state index in [0.29, 0.717) is 12.4 Å². The molecule has 0 saturated carbocycles. The lowest BCUT2D eigenvalue weighted by atomic mass is 10.2. The van der Waals surface area contributed by atoms with Crippen LogP contribution in [0.3, 0.4) is 0 Å². The number of nitrogens with zero attached hydrogens (tertiary/aromatic N) is 2. The van der Waals surface area contributed by atoms with Crippen LogP contribution in [0.5, 0.6) is 11.5 Å². The molecule has 2 aromatic heterocycles. The van der Waals surface area contributed by atoms with Crippen LogP contribution in [0, 0.1) is 0 Å². The molecule has 6 heteroatoms. The fraction of sp³-hybridized carbons (Fsp3) is 0.240. The summed E-state index contributed by atoms with van der Waals surface area (Å²) in [6.45, 7) is 3.35. The van der Waals surface area contributed by atoms with E-state index in [1.165, 1.54) is 22.7 Å². The van der Waals surface area contributed by atoms with Gasteiger partial charge in [-0.05, 0) is 48.0 Å². The molecule has 3 heterocycles. The first kappa shape index (κ1) is 19.5. The van der Waals surface area contributed by atoms with Crippen molar-refractivity contribution in [3.63, 3.8) is 0 Å². The van der Waals surface area contributed by atoms with E-state index in [4.69, 9.17) is 9.47 Å². The molecular weight excluding hydrogens is 390 g/mol. The van der Waals surface area contributed by atoms with Crippen LogP contribution in [0.1, 0.15) is 11.3 Å². The van der Waals surface area contributed by atoms with Gasteiger partial charge in [0, 0.05) is 60.6 Å². The molecule has 0 spiro atoms. The maximum Gasteiger partial charge on any atom is 0.258 e. The second-order valence-electron chi connectivity index (χ2n) is 7.74. The van der Waals surface area contributed by atoms with Crippen LogP contribution < -0.4 is 20.3 Å². The van der Waals surface area contributed by atoms with Gasteiger partial charge in [-0.1, -0.05) is 12.1 Å². The van der Waals surface area contributed by atoms with Crippen molar-refractivity contribution < 1.29 is 9.47 Å². The highest BCUT2D eigenvalue weighted by atomic mass is 16.5. The van der Waals surface area contributed by atoms with Crippen molar-refractivity contribution in [2.75, 3.05) is 20.2 Å². The van der Waals surface area contributed by atoms with Crippen molar-refractivity contribution in [3.05, 3.63) is 88.5 Å². The van der Waals surface area contributed by atoms with Crippen molar-refractivity contribution in [1.29, 1.82) is 0 Å². The zero-order valence-electron chi connectivity index (χ0n) is 17.5. The average molecular weight is 415 g/mol. The van der Waals surface area contributed by atoms with Gasteiger partial charge in [-0.2, -0.15) is 0 Å².